The largest absolute Gasteiger partial charge is 0.389 e. The van der Waals surface area contributed by atoms with Crippen LogP contribution >= 0.6 is 0 Å². The van der Waals surface area contributed by atoms with Gasteiger partial charge in [-0.05, 0) is 6.42 Å². The van der Waals surface area contributed by atoms with E-state index in [9.17, 15) is 10.1 Å². The number of nitro groups is 1. The van der Waals surface area contributed by atoms with Crippen molar-refractivity contribution in [2.45, 2.75) is 109 Å². The van der Waals surface area contributed by atoms with E-state index in [-0.39, 0.29) is 6.42 Å². The third-order valence-electron chi connectivity index (χ3n) is 4.97. The summed E-state index contributed by atoms with van der Waals surface area (Å²) in [5.74, 6) is 0. The summed E-state index contributed by atoms with van der Waals surface area (Å²) in [6, 6.07) is 0. The lowest BCUT2D eigenvalue weighted by molar-refractivity contribution is -0.578. The lowest BCUT2D eigenvalue weighted by atomic mass is 9.94. The van der Waals surface area contributed by atoms with Crippen LogP contribution < -0.4 is 0 Å². The second-order valence-corrected chi connectivity index (χ2v) is 7.14. The molecule has 0 saturated heterocycles. The van der Waals surface area contributed by atoms with Crippen molar-refractivity contribution in [3.63, 3.8) is 0 Å². The summed E-state index contributed by atoms with van der Waals surface area (Å²) in [7, 11) is 0. The fraction of sp³-hybridized carbons (Fsp3) is 1.00. The molecule has 0 spiro atoms. The average Bonchev–Trinajstić information content (AvgIpc) is 2.58. The summed E-state index contributed by atoms with van der Waals surface area (Å²) >= 11 is 0. The maximum absolute atomic E-state index is 10.9. The Balaban J connectivity index is 3.38. The van der Waals surface area contributed by atoms with Crippen molar-refractivity contribution in [3.05, 3.63) is 10.1 Å². The van der Waals surface area contributed by atoms with E-state index in [4.69, 9.17) is 10.2 Å². The molecule has 24 heavy (non-hydrogen) atoms. The van der Waals surface area contributed by atoms with Crippen LogP contribution in [0.2, 0.25) is 0 Å². The molecule has 0 atom stereocenters. The van der Waals surface area contributed by atoms with Crippen LogP contribution in [-0.4, -0.2) is 33.9 Å². The molecule has 5 nitrogen and oxygen atoms in total. The Bertz CT molecular complexity index is 293. The zero-order valence-corrected chi connectivity index (χ0v) is 15.7. The predicted octanol–water partition coefficient (Wildman–Crippen LogP) is 4.86. The smallest absolute Gasteiger partial charge is 0.267 e. The van der Waals surface area contributed by atoms with Gasteiger partial charge in [0.25, 0.3) is 5.54 Å². The monoisotopic (exact) mass is 345 g/mol. The number of nitrogens with zero attached hydrogens (tertiary/aromatic N) is 1. The van der Waals surface area contributed by atoms with Crippen LogP contribution in [0.5, 0.6) is 0 Å². The fourth-order valence-corrected chi connectivity index (χ4v) is 3.06. The molecule has 0 radical (unpaired) electrons. The molecule has 0 aliphatic rings. The highest BCUT2D eigenvalue weighted by Crippen LogP contribution is 2.19. The van der Waals surface area contributed by atoms with Crippen LogP contribution in [0.25, 0.3) is 0 Å². The molecule has 0 aromatic rings. The molecule has 0 rings (SSSR count). The van der Waals surface area contributed by atoms with E-state index in [1.54, 1.807) is 0 Å². The predicted molar refractivity (Wildman–Crippen MR) is 98.8 cm³/mol. The second-order valence-electron chi connectivity index (χ2n) is 7.14. The number of aliphatic hydroxyl groups is 2. The SMILES string of the molecule is CCCCCCCCCCCCCCCCC(CO)(CO)[N+](=O)[O-]. The Morgan fingerprint density at radius 1 is 0.708 bits per heavy atom. The number of hydrogen-bond donors (Lipinski definition) is 2. The van der Waals surface area contributed by atoms with Gasteiger partial charge < -0.3 is 10.2 Å². The van der Waals surface area contributed by atoms with E-state index < -0.39 is 23.7 Å². The Labute approximate surface area is 148 Å². The summed E-state index contributed by atoms with van der Waals surface area (Å²) in [5, 5.41) is 29.2. The normalized spacial score (nSPS) is 11.8. The van der Waals surface area contributed by atoms with Gasteiger partial charge in [-0.1, -0.05) is 90.4 Å². The minimum atomic E-state index is -1.54. The van der Waals surface area contributed by atoms with Crippen molar-refractivity contribution in [1.29, 1.82) is 0 Å². The van der Waals surface area contributed by atoms with Gasteiger partial charge in [-0.2, -0.15) is 0 Å². The molecule has 5 heteroatoms. The van der Waals surface area contributed by atoms with Crippen molar-refractivity contribution < 1.29 is 15.1 Å². The van der Waals surface area contributed by atoms with Gasteiger partial charge in [-0.25, -0.2) is 0 Å². The molecular formula is C19H39NO4. The van der Waals surface area contributed by atoms with Crippen LogP contribution in [0.3, 0.4) is 0 Å². The summed E-state index contributed by atoms with van der Waals surface area (Å²) in [6.45, 7) is 1.07. The molecule has 2 N–H and O–H groups in total. The van der Waals surface area contributed by atoms with Gasteiger partial charge in [0, 0.05) is 11.3 Å². The number of hydrogen-bond acceptors (Lipinski definition) is 4. The average molecular weight is 346 g/mol. The Kier molecular flexibility index (Phi) is 15.4. The zero-order valence-electron chi connectivity index (χ0n) is 15.7. The van der Waals surface area contributed by atoms with Gasteiger partial charge in [-0.15, -0.1) is 0 Å². The first-order valence-corrected chi connectivity index (χ1v) is 9.99. The fourth-order valence-electron chi connectivity index (χ4n) is 3.06. The molecule has 0 heterocycles. The maximum Gasteiger partial charge on any atom is 0.267 e. The summed E-state index contributed by atoms with van der Waals surface area (Å²) in [6.07, 6.45) is 17.6. The van der Waals surface area contributed by atoms with Gasteiger partial charge >= 0.3 is 0 Å². The van der Waals surface area contributed by atoms with Crippen molar-refractivity contribution in [3.8, 4) is 0 Å². The third kappa shape index (κ3) is 11.0. The number of rotatable bonds is 18. The molecule has 0 saturated carbocycles. The highest BCUT2D eigenvalue weighted by atomic mass is 16.6. The maximum atomic E-state index is 10.9. The molecule has 0 aliphatic heterocycles. The quantitative estimate of drug-likeness (QED) is 0.211. The summed E-state index contributed by atoms with van der Waals surface area (Å²) < 4.78 is 0. The van der Waals surface area contributed by atoms with E-state index in [1.165, 1.54) is 70.6 Å². The second kappa shape index (κ2) is 15.8. The molecule has 0 fully saturated rings. The van der Waals surface area contributed by atoms with Crippen molar-refractivity contribution >= 4 is 0 Å². The van der Waals surface area contributed by atoms with Gasteiger partial charge in [0.05, 0.1) is 0 Å². The summed E-state index contributed by atoms with van der Waals surface area (Å²) in [4.78, 5) is 10.4. The molecule has 0 unspecified atom stereocenters. The van der Waals surface area contributed by atoms with Crippen LogP contribution in [-0.2, 0) is 0 Å². The van der Waals surface area contributed by atoms with Gasteiger partial charge in [0.15, 0.2) is 0 Å². The molecule has 144 valence electrons. The number of aliphatic hydroxyl groups excluding tert-OH is 2. The van der Waals surface area contributed by atoms with Gasteiger partial charge in [0.1, 0.15) is 13.2 Å². The standard InChI is InChI=1S/C19H39NO4/c1-2-3-4-5-6-7-8-9-10-11-12-13-14-15-16-19(17-21,18-22)20(23)24/h21-22H,2-18H2,1H3. The molecule has 0 aromatic heterocycles. The molecular weight excluding hydrogens is 306 g/mol. The van der Waals surface area contributed by atoms with E-state index in [1.807, 2.05) is 0 Å². The summed E-state index contributed by atoms with van der Waals surface area (Å²) in [5.41, 5.74) is -1.54. The minimum Gasteiger partial charge on any atom is -0.389 e. The van der Waals surface area contributed by atoms with Crippen LogP contribution in [0, 0.1) is 10.1 Å². The van der Waals surface area contributed by atoms with E-state index in [0.29, 0.717) is 6.42 Å². The van der Waals surface area contributed by atoms with Crippen LogP contribution in [0.4, 0.5) is 0 Å². The molecule has 0 amide bonds. The van der Waals surface area contributed by atoms with E-state index in [2.05, 4.69) is 6.92 Å². The first-order valence-electron chi connectivity index (χ1n) is 9.99. The van der Waals surface area contributed by atoms with Crippen molar-refractivity contribution in [2.24, 2.45) is 0 Å². The molecule has 0 aliphatic carbocycles. The lowest BCUT2D eigenvalue weighted by Gasteiger charge is -2.20. The third-order valence-corrected chi connectivity index (χ3v) is 4.97. The molecule has 0 bridgehead atoms. The van der Waals surface area contributed by atoms with Crippen LogP contribution in [0.1, 0.15) is 103 Å². The highest BCUT2D eigenvalue weighted by molar-refractivity contribution is 4.77. The van der Waals surface area contributed by atoms with Gasteiger partial charge in [-0.3, -0.25) is 10.1 Å². The minimum absolute atomic E-state index is 0.255. The van der Waals surface area contributed by atoms with Crippen LogP contribution in [0.15, 0.2) is 0 Å². The van der Waals surface area contributed by atoms with Crippen molar-refractivity contribution in [2.75, 3.05) is 13.2 Å². The Morgan fingerprint density at radius 2 is 1.04 bits per heavy atom. The Morgan fingerprint density at radius 3 is 1.33 bits per heavy atom. The highest BCUT2D eigenvalue weighted by Gasteiger charge is 2.40. The topological polar surface area (TPSA) is 83.6 Å². The lowest BCUT2D eigenvalue weighted by Crippen LogP contribution is -2.45. The van der Waals surface area contributed by atoms with E-state index in [0.717, 1.165) is 12.8 Å². The first kappa shape index (κ1) is 23.3. The number of unbranched alkanes of at least 4 members (excludes halogenated alkanes) is 13. The Hall–Kier alpha value is -0.680. The molecule has 0 aromatic carbocycles. The zero-order chi connectivity index (χ0) is 18.1. The van der Waals surface area contributed by atoms with E-state index >= 15 is 0 Å². The first-order chi connectivity index (χ1) is 11.6. The van der Waals surface area contributed by atoms with Crippen molar-refractivity contribution in [1.82, 2.24) is 0 Å². The van der Waals surface area contributed by atoms with Gasteiger partial charge in [0.2, 0.25) is 0 Å².